The molecule has 0 unspecified atom stereocenters. The molecule has 126 valence electrons. The molecule has 0 bridgehead atoms. The van der Waals surface area contributed by atoms with Gasteiger partial charge in [0, 0.05) is 33.0 Å². The zero-order valence-electron chi connectivity index (χ0n) is 13.5. The van der Waals surface area contributed by atoms with Crippen LogP contribution >= 0.6 is 0 Å². The van der Waals surface area contributed by atoms with Gasteiger partial charge in [0.25, 0.3) is 5.91 Å². The van der Waals surface area contributed by atoms with Crippen molar-refractivity contribution in [2.75, 3.05) is 39.2 Å². The van der Waals surface area contributed by atoms with E-state index in [0.29, 0.717) is 37.5 Å². The molecule has 1 aromatic rings. The van der Waals surface area contributed by atoms with Gasteiger partial charge in [0.05, 0.1) is 0 Å². The maximum Gasteiger partial charge on any atom is 0.259 e. The lowest BCUT2D eigenvalue weighted by Crippen LogP contribution is -2.54. The zero-order chi connectivity index (χ0) is 16.9. The molecule has 0 atom stereocenters. The minimum absolute atomic E-state index is 0.0232. The van der Waals surface area contributed by atoms with E-state index in [0.717, 1.165) is 0 Å². The van der Waals surface area contributed by atoms with Crippen molar-refractivity contribution in [2.24, 2.45) is 5.73 Å². The molecule has 1 aliphatic heterocycles. The molecule has 1 heterocycles. The number of rotatable bonds is 5. The second-order valence-electron chi connectivity index (χ2n) is 5.82. The van der Waals surface area contributed by atoms with E-state index in [9.17, 15) is 9.59 Å². The van der Waals surface area contributed by atoms with Gasteiger partial charge in [-0.15, -0.1) is 0 Å². The fourth-order valence-electron chi connectivity index (χ4n) is 2.13. The number of benzene rings is 1. The van der Waals surface area contributed by atoms with Crippen LogP contribution in [-0.4, -0.2) is 56.2 Å². The highest BCUT2D eigenvalue weighted by Gasteiger charge is 2.35. The van der Waals surface area contributed by atoms with Crippen molar-refractivity contribution < 1.29 is 19.1 Å². The van der Waals surface area contributed by atoms with E-state index in [1.165, 1.54) is 4.90 Å². The smallest absolute Gasteiger partial charge is 0.259 e. The Hall–Kier alpha value is -2.12. The number of anilines is 1. The van der Waals surface area contributed by atoms with Gasteiger partial charge in [-0.1, -0.05) is 0 Å². The van der Waals surface area contributed by atoms with Crippen molar-refractivity contribution in [3.8, 4) is 5.75 Å². The molecule has 7 nitrogen and oxygen atoms in total. The summed E-state index contributed by atoms with van der Waals surface area (Å²) in [5.74, 6) is 0.232. The first-order valence-corrected chi connectivity index (χ1v) is 7.52. The van der Waals surface area contributed by atoms with E-state index in [2.05, 4.69) is 5.32 Å². The molecule has 1 aliphatic rings. The highest BCUT2D eigenvalue weighted by molar-refractivity contribution is 5.98. The molecule has 1 aromatic carbocycles. The third-order valence-corrected chi connectivity index (χ3v) is 3.81. The van der Waals surface area contributed by atoms with Crippen LogP contribution in [0.4, 0.5) is 5.69 Å². The van der Waals surface area contributed by atoms with Crippen molar-refractivity contribution in [1.29, 1.82) is 0 Å². The van der Waals surface area contributed by atoms with E-state index in [4.69, 9.17) is 15.2 Å². The van der Waals surface area contributed by atoms with E-state index in [1.807, 2.05) is 0 Å². The highest BCUT2D eigenvalue weighted by atomic mass is 16.5. The topological polar surface area (TPSA) is 93.9 Å². The molecule has 1 fully saturated rings. The van der Waals surface area contributed by atoms with Crippen LogP contribution in [0.2, 0.25) is 0 Å². The maximum atomic E-state index is 12.3. The molecule has 0 spiro atoms. The quantitative estimate of drug-likeness (QED) is 0.828. The Balaban J connectivity index is 1.89. The number of likely N-dealkylation sites (N-methyl/N-ethyl adjacent to an activating group) is 1. The van der Waals surface area contributed by atoms with Gasteiger partial charge in [-0.25, -0.2) is 0 Å². The van der Waals surface area contributed by atoms with E-state index in [1.54, 1.807) is 38.4 Å². The Morgan fingerprint density at radius 3 is 2.43 bits per heavy atom. The SMILES string of the molecule is CN(C)C(=O)COc1ccc(NC(=O)C2(N)CCOCC2)cc1. The summed E-state index contributed by atoms with van der Waals surface area (Å²) in [5, 5.41) is 2.81. The molecular weight excluding hydrogens is 298 g/mol. The Kier molecular flexibility index (Phi) is 5.57. The summed E-state index contributed by atoms with van der Waals surface area (Å²) >= 11 is 0. The van der Waals surface area contributed by atoms with Gasteiger partial charge in [0.15, 0.2) is 6.61 Å². The van der Waals surface area contributed by atoms with Gasteiger partial charge >= 0.3 is 0 Å². The van der Waals surface area contributed by atoms with Crippen LogP contribution in [0.3, 0.4) is 0 Å². The molecule has 1 saturated heterocycles. The maximum absolute atomic E-state index is 12.3. The number of hydrogen-bond acceptors (Lipinski definition) is 5. The minimum atomic E-state index is -0.883. The van der Waals surface area contributed by atoms with Crippen LogP contribution in [0.5, 0.6) is 5.75 Å². The molecule has 0 aliphatic carbocycles. The Morgan fingerprint density at radius 2 is 1.87 bits per heavy atom. The monoisotopic (exact) mass is 321 g/mol. The van der Waals surface area contributed by atoms with Crippen molar-refractivity contribution in [2.45, 2.75) is 18.4 Å². The third kappa shape index (κ3) is 4.67. The second kappa shape index (κ2) is 7.43. The Bertz CT molecular complexity index is 551. The largest absolute Gasteiger partial charge is 0.484 e. The molecule has 0 radical (unpaired) electrons. The predicted molar refractivity (Wildman–Crippen MR) is 86.2 cm³/mol. The molecule has 2 amide bonds. The fraction of sp³-hybridized carbons (Fsp3) is 0.500. The molecular formula is C16H23N3O4. The normalized spacial score (nSPS) is 16.5. The minimum Gasteiger partial charge on any atom is -0.484 e. The van der Waals surface area contributed by atoms with Gasteiger partial charge in [0.1, 0.15) is 11.3 Å². The Morgan fingerprint density at radius 1 is 1.26 bits per heavy atom. The lowest BCUT2D eigenvalue weighted by atomic mass is 9.90. The summed E-state index contributed by atoms with van der Waals surface area (Å²) in [4.78, 5) is 25.2. The first kappa shape index (κ1) is 17.2. The van der Waals surface area contributed by atoms with Gasteiger partial charge in [-0.05, 0) is 37.1 Å². The van der Waals surface area contributed by atoms with E-state index in [-0.39, 0.29) is 18.4 Å². The number of nitrogens with two attached hydrogens (primary N) is 1. The van der Waals surface area contributed by atoms with Crippen LogP contribution in [-0.2, 0) is 14.3 Å². The number of nitrogens with zero attached hydrogens (tertiary/aromatic N) is 1. The molecule has 0 aromatic heterocycles. The van der Waals surface area contributed by atoms with Gasteiger partial charge in [-0.2, -0.15) is 0 Å². The fourth-order valence-corrected chi connectivity index (χ4v) is 2.13. The average molecular weight is 321 g/mol. The third-order valence-electron chi connectivity index (χ3n) is 3.81. The van der Waals surface area contributed by atoms with Gasteiger partial charge in [0.2, 0.25) is 5.91 Å². The zero-order valence-corrected chi connectivity index (χ0v) is 13.5. The second-order valence-corrected chi connectivity index (χ2v) is 5.82. The molecule has 7 heteroatoms. The average Bonchev–Trinajstić information content (AvgIpc) is 2.54. The predicted octanol–water partition coefficient (Wildman–Crippen LogP) is 0.600. The van der Waals surface area contributed by atoms with Crippen molar-refractivity contribution in [1.82, 2.24) is 4.90 Å². The highest BCUT2D eigenvalue weighted by Crippen LogP contribution is 2.21. The lowest BCUT2D eigenvalue weighted by Gasteiger charge is -2.31. The van der Waals surface area contributed by atoms with Crippen LogP contribution in [0.15, 0.2) is 24.3 Å². The number of hydrogen-bond donors (Lipinski definition) is 2. The molecule has 2 rings (SSSR count). The van der Waals surface area contributed by atoms with Crippen LogP contribution in [0.25, 0.3) is 0 Å². The summed E-state index contributed by atoms with van der Waals surface area (Å²) < 4.78 is 10.6. The number of ether oxygens (including phenoxy) is 2. The number of amides is 2. The molecule has 0 saturated carbocycles. The standard InChI is InChI=1S/C16H23N3O4/c1-19(2)14(20)11-23-13-5-3-12(4-6-13)18-15(21)16(17)7-9-22-10-8-16/h3-6H,7-11,17H2,1-2H3,(H,18,21). The first-order valence-electron chi connectivity index (χ1n) is 7.52. The van der Waals surface area contributed by atoms with E-state index < -0.39 is 5.54 Å². The number of carbonyl (C=O) groups excluding carboxylic acids is 2. The molecule has 23 heavy (non-hydrogen) atoms. The van der Waals surface area contributed by atoms with Crippen LogP contribution in [0, 0.1) is 0 Å². The first-order chi connectivity index (χ1) is 10.9. The van der Waals surface area contributed by atoms with Crippen LogP contribution < -0.4 is 15.8 Å². The Labute approximate surface area is 135 Å². The van der Waals surface area contributed by atoms with E-state index >= 15 is 0 Å². The van der Waals surface area contributed by atoms with Crippen LogP contribution in [0.1, 0.15) is 12.8 Å². The molecule has 3 N–H and O–H groups in total. The van der Waals surface area contributed by atoms with Gasteiger partial charge in [-0.3, -0.25) is 9.59 Å². The summed E-state index contributed by atoms with van der Waals surface area (Å²) in [6.07, 6.45) is 1.01. The number of nitrogens with one attached hydrogen (secondary N) is 1. The number of carbonyl (C=O) groups is 2. The van der Waals surface area contributed by atoms with Crippen molar-refractivity contribution in [3.05, 3.63) is 24.3 Å². The summed E-state index contributed by atoms with van der Waals surface area (Å²) in [6.45, 7) is 0.970. The van der Waals surface area contributed by atoms with Crippen molar-refractivity contribution >= 4 is 17.5 Å². The summed E-state index contributed by atoms with van der Waals surface area (Å²) in [6, 6.07) is 6.84. The summed E-state index contributed by atoms with van der Waals surface area (Å²) in [5.41, 5.74) is 5.88. The van der Waals surface area contributed by atoms with Gasteiger partial charge < -0.3 is 25.4 Å². The van der Waals surface area contributed by atoms with Crippen molar-refractivity contribution in [3.63, 3.8) is 0 Å². The lowest BCUT2D eigenvalue weighted by molar-refractivity contribution is -0.130. The summed E-state index contributed by atoms with van der Waals surface area (Å²) in [7, 11) is 3.34.